The molecule has 1 saturated heterocycles. The van der Waals surface area contributed by atoms with Crippen LogP contribution in [0.25, 0.3) is 0 Å². The molecule has 5 nitrogen and oxygen atoms in total. The van der Waals surface area contributed by atoms with Gasteiger partial charge >= 0.3 is 0 Å². The first-order valence-corrected chi connectivity index (χ1v) is 7.19. The SMILES string of the molecule is CCCN(C)CC1CCN(c2nc(Cl)ncc2N)C1. The maximum Gasteiger partial charge on any atom is 0.224 e. The zero-order chi connectivity index (χ0) is 13.8. The van der Waals surface area contributed by atoms with Crippen molar-refractivity contribution in [2.24, 2.45) is 5.92 Å². The summed E-state index contributed by atoms with van der Waals surface area (Å²) in [4.78, 5) is 12.8. The Labute approximate surface area is 119 Å². The van der Waals surface area contributed by atoms with E-state index in [1.807, 2.05) is 0 Å². The molecule has 1 fully saturated rings. The van der Waals surface area contributed by atoms with Crippen molar-refractivity contribution < 1.29 is 0 Å². The number of hydrogen-bond acceptors (Lipinski definition) is 5. The molecule has 0 radical (unpaired) electrons. The lowest BCUT2D eigenvalue weighted by Crippen LogP contribution is -2.29. The zero-order valence-electron chi connectivity index (χ0n) is 11.6. The van der Waals surface area contributed by atoms with Gasteiger partial charge in [0, 0.05) is 19.6 Å². The van der Waals surface area contributed by atoms with Crippen molar-refractivity contribution in [2.45, 2.75) is 19.8 Å². The molecule has 1 aromatic heterocycles. The van der Waals surface area contributed by atoms with Crippen molar-refractivity contribution in [2.75, 3.05) is 43.9 Å². The lowest BCUT2D eigenvalue weighted by atomic mass is 10.1. The second-order valence-corrected chi connectivity index (χ2v) is 5.62. The minimum atomic E-state index is 0.260. The summed E-state index contributed by atoms with van der Waals surface area (Å²) in [5, 5.41) is 0.260. The van der Waals surface area contributed by atoms with E-state index < -0.39 is 0 Å². The van der Waals surface area contributed by atoms with Gasteiger partial charge in [-0.25, -0.2) is 4.98 Å². The molecular formula is C13H22ClN5. The molecule has 19 heavy (non-hydrogen) atoms. The summed E-state index contributed by atoms with van der Waals surface area (Å²) in [7, 11) is 2.18. The summed E-state index contributed by atoms with van der Waals surface area (Å²) < 4.78 is 0. The van der Waals surface area contributed by atoms with E-state index in [9.17, 15) is 0 Å². The van der Waals surface area contributed by atoms with Crippen molar-refractivity contribution >= 4 is 23.1 Å². The topological polar surface area (TPSA) is 58.3 Å². The molecule has 2 heterocycles. The zero-order valence-corrected chi connectivity index (χ0v) is 12.4. The highest BCUT2D eigenvalue weighted by atomic mass is 35.5. The Bertz CT molecular complexity index is 425. The molecule has 0 spiro atoms. The van der Waals surface area contributed by atoms with Crippen LogP contribution in [-0.4, -0.2) is 48.1 Å². The Hall–Kier alpha value is -1.07. The van der Waals surface area contributed by atoms with Gasteiger partial charge in [0.15, 0.2) is 5.82 Å². The third-order valence-corrected chi connectivity index (χ3v) is 3.71. The van der Waals surface area contributed by atoms with E-state index in [1.165, 1.54) is 12.8 Å². The third-order valence-electron chi connectivity index (χ3n) is 3.53. The number of nitrogens with two attached hydrogens (primary N) is 1. The highest BCUT2D eigenvalue weighted by Crippen LogP contribution is 2.27. The minimum absolute atomic E-state index is 0.260. The number of halogens is 1. The van der Waals surface area contributed by atoms with Crippen LogP contribution in [0.15, 0.2) is 6.20 Å². The van der Waals surface area contributed by atoms with Gasteiger partial charge in [0.05, 0.1) is 11.9 Å². The van der Waals surface area contributed by atoms with E-state index in [1.54, 1.807) is 6.20 Å². The Morgan fingerprint density at radius 2 is 2.37 bits per heavy atom. The number of anilines is 2. The van der Waals surface area contributed by atoms with E-state index in [4.69, 9.17) is 17.3 Å². The average Bonchev–Trinajstić information content (AvgIpc) is 2.81. The van der Waals surface area contributed by atoms with Gasteiger partial charge in [-0.2, -0.15) is 4.98 Å². The van der Waals surface area contributed by atoms with Crippen LogP contribution in [0.4, 0.5) is 11.5 Å². The highest BCUT2D eigenvalue weighted by Gasteiger charge is 2.25. The van der Waals surface area contributed by atoms with Crippen LogP contribution in [0.5, 0.6) is 0 Å². The molecule has 1 atom stereocenters. The van der Waals surface area contributed by atoms with E-state index in [0.717, 1.165) is 32.0 Å². The van der Waals surface area contributed by atoms with E-state index in [0.29, 0.717) is 11.6 Å². The number of hydrogen-bond donors (Lipinski definition) is 1. The maximum atomic E-state index is 5.93. The standard InChI is InChI=1S/C13H22ClN5/c1-3-5-18(2)8-10-4-6-19(9-10)12-11(15)7-16-13(14)17-12/h7,10H,3-6,8-9,15H2,1-2H3. The quantitative estimate of drug-likeness (QED) is 0.836. The van der Waals surface area contributed by atoms with Crippen molar-refractivity contribution in [1.29, 1.82) is 0 Å². The molecule has 1 aromatic rings. The number of rotatable bonds is 5. The third kappa shape index (κ3) is 3.70. The summed E-state index contributed by atoms with van der Waals surface area (Å²) in [6.07, 6.45) is 3.96. The summed E-state index contributed by atoms with van der Waals surface area (Å²) in [5.41, 5.74) is 6.53. The maximum absolute atomic E-state index is 5.93. The van der Waals surface area contributed by atoms with Crippen LogP contribution < -0.4 is 10.6 Å². The lowest BCUT2D eigenvalue weighted by Gasteiger charge is -2.22. The predicted octanol–water partition coefficient (Wildman–Crippen LogP) is 1.88. The monoisotopic (exact) mass is 283 g/mol. The molecule has 0 aliphatic carbocycles. The fraction of sp³-hybridized carbons (Fsp3) is 0.692. The van der Waals surface area contributed by atoms with E-state index >= 15 is 0 Å². The fourth-order valence-electron chi connectivity index (χ4n) is 2.70. The number of aromatic nitrogens is 2. The van der Waals surface area contributed by atoms with Crippen molar-refractivity contribution in [3.05, 3.63) is 11.5 Å². The minimum Gasteiger partial charge on any atom is -0.394 e. The first kappa shape index (κ1) is 14.3. The Kier molecular flexibility index (Phi) is 4.82. The second-order valence-electron chi connectivity index (χ2n) is 5.28. The molecule has 0 amide bonds. The smallest absolute Gasteiger partial charge is 0.224 e. The molecule has 6 heteroatoms. The Balaban J connectivity index is 1.96. The summed E-state index contributed by atoms with van der Waals surface area (Å²) in [5.74, 6) is 1.45. The van der Waals surface area contributed by atoms with Gasteiger partial charge in [0.1, 0.15) is 0 Å². The van der Waals surface area contributed by atoms with Crippen LogP contribution in [0.1, 0.15) is 19.8 Å². The number of nitrogen functional groups attached to an aromatic ring is 1. The first-order chi connectivity index (χ1) is 9.10. The largest absolute Gasteiger partial charge is 0.394 e. The van der Waals surface area contributed by atoms with Crippen molar-refractivity contribution in [3.8, 4) is 0 Å². The Morgan fingerprint density at radius 3 is 3.11 bits per heavy atom. The predicted molar refractivity (Wildman–Crippen MR) is 79.6 cm³/mol. The summed E-state index contributed by atoms with van der Waals surface area (Å²) >= 11 is 5.84. The van der Waals surface area contributed by atoms with Crippen LogP contribution in [0.3, 0.4) is 0 Å². The summed E-state index contributed by atoms with van der Waals surface area (Å²) in [6.45, 7) is 6.47. The van der Waals surface area contributed by atoms with E-state index in [-0.39, 0.29) is 5.28 Å². The molecule has 2 N–H and O–H groups in total. The first-order valence-electron chi connectivity index (χ1n) is 6.81. The van der Waals surface area contributed by atoms with Gasteiger partial charge in [-0.1, -0.05) is 6.92 Å². The molecule has 0 saturated carbocycles. The van der Waals surface area contributed by atoms with Crippen LogP contribution in [-0.2, 0) is 0 Å². The molecule has 1 aliphatic rings. The van der Waals surface area contributed by atoms with Gasteiger partial charge in [-0.15, -0.1) is 0 Å². The molecule has 1 unspecified atom stereocenters. The lowest BCUT2D eigenvalue weighted by molar-refractivity contribution is 0.287. The van der Waals surface area contributed by atoms with Gasteiger partial charge < -0.3 is 15.5 Å². The van der Waals surface area contributed by atoms with Crippen LogP contribution in [0.2, 0.25) is 5.28 Å². The normalized spacial score (nSPS) is 19.4. The van der Waals surface area contributed by atoms with Crippen molar-refractivity contribution in [3.63, 3.8) is 0 Å². The molecule has 0 bridgehead atoms. The van der Waals surface area contributed by atoms with Gasteiger partial charge in [-0.05, 0) is 44.0 Å². The number of nitrogens with zero attached hydrogens (tertiary/aromatic N) is 4. The van der Waals surface area contributed by atoms with Crippen LogP contribution in [0, 0.1) is 5.92 Å². The second kappa shape index (κ2) is 6.39. The fourth-order valence-corrected chi connectivity index (χ4v) is 2.83. The molecular weight excluding hydrogens is 262 g/mol. The molecule has 106 valence electrons. The molecule has 0 aromatic carbocycles. The Morgan fingerprint density at radius 1 is 1.58 bits per heavy atom. The van der Waals surface area contributed by atoms with Crippen molar-refractivity contribution in [1.82, 2.24) is 14.9 Å². The van der Waals surface area contributed by atoms with Gasteiger partial charge in [0.2, 0.25) is 5.28 Å². The highest BCUT2D eigenvalue weighted by molar-refractivity contribution is 6.28. The van der Waals surface area contributed by atoms with Crippen LogP contribution >= 0.6 is 11.6 Å². The van der Waals surface area contributed by atoms with Gasteiger partial charge in [-0.3, -0.25) is 0 Å². The molecule has 2 rings (SSSR count). The van der Waals surface area contributed by atoms with Gasteiger partial charge in [0.25, 0.3) is 0 Å². The van der Waals surface area contributed by atoms with E-state index in [2.05, 4.69) is 33.7 Å². The average molecular weight is 284 g/mol. The summed E-state index contributed by atoms with van der Waals surface area (Å²) in [6, 6.07) is 0. The molecule has 1 aliphatic heterocycles.